The van der Waals surface area contributed by atoms with Crippen molar-refractivity contribution in [3.8, 4) is 0 Å². The van der Waals surface area contributed by atoms with E-state index in [1.54, 1.807) is 0 Å². The minimum atomic E-state index is -1.39. The van der Waals surface area contributed by atoms with Crippen LogP contribution in [-0.4, -0.2) is 20.9 Å². The molecule has 1 heterocycles. The van der Waals surface area contributed by atoms with Crippen molar-refractivity contribution < 1.29 is 9.53 Å². The molecule has 74 valence electrons. The van der Waals surface area contributed by atoms with E-state index in [1.807, 2.05) is 0 Å². The molecule has 2 aliphatic rings. The highest BCUT2D eigenvalue weighted by Crippen LogP contribution is 2.67. The molecular formula is C7H8Cl3NO2. The van der Waals surface area contributed by atoms with Gasteiger partial charge in [0, 0.05) is 0 Å². The number of primary amides is 1. The van der Waals surface area contributed by atoms with Crippen LogP contribution < -0.4 is 5.73 Å². The van der Waals surface area contributed by atoms with Gasteiger partial charge in [0.25, 0.3) is 5.91 Å². The molecule has 2 atom stereocenters. The van der Waals surface area contributed by atoms with Crippen LogP contribution in [0.15, 0.2) is 0 Å². The molecular weight excluding hydrogens is 236 g/mol. The molecule has 1 saturated heterocycles. The van der Waals surface area contributed by atoms with Crippen LogP contribution >= 0.6 is 34.8 Å². The van der Waals surface area contributed by atoms with Crippen molar-refractivity contribution in [2.75, 3.05) is 0 Å². The number of carbonyl (C=O) groups excluding carboxylic acids is 1. The quantitative estimate of drug-likeness (QED) is 0.562. The zero-order valence-electron chi connectivity index (χ0n) is 6.65. The average Bonchev–Trinajstić information content (AvgIpc) is 2.58. The van der Waals surface area contributed by atoms with Crippen molar-refractivity contribution in [3.63, 3.8) is 0 Å². The van der Waals surface area contributed by atoms with Gasteiger partial charge in [-0.2, -0.15) is 0 Å². The molecule has 0 bridgehead atoms. The first-order valence-corrected chi connectivity index (χ1v) is 5.06. The number of ether oxygens (including phenoxy) is 1. The van der Waals surface area contributed by atoms with Crippen LogP contribution in [0.1, 0.15) is 19.3 Å². The fourth-order valence-corrected chi connectivity index (χ4v) is 3.36. The van der Waals surface area contributed by atoms with E-state index in [2.05, 4.69) is 0 Å². The zero-order chi connectivity index (χ0) is 9.91. The zero-order valence-corrected chi connectivity index (χ0v) is 8.92. The number of epoxide rings is 1. The largest absolute Gasteiger partial charge is 0.367 e. The molecule has 3 nitrogen and oxygen atoms in total. The van der Waals surface area contributed by atoms with Crippen LogP contribution in [0.25, 0.3) is 0 Å². The van der Waals surface area contributed by atoms with Gasteiger partial charge in [0.05, 0.1) is 0 Å². The molecule has 1 aliphatic heterocycles. The van der Waals surface area contributed by atoms with Gasteiger partial charge in [-0.25, -0.2) is 0 Å². The van der Waals surface area contributed by atoms with Crippen molar-refractivity contribution in [1.29, 1.82) is 0 Å². The standard InChI is InChI=1S/C7H8Cl3NO2/c8-5(9)2-1-3-6(10)7(5,13-6)4(11)12/h1-3H2,(H2,11,12). The van der Waals surface area contributed by atoms with Gasteiger partial charge in [0.1, 0.15) is 0 Å². The van der Waals surface area contributed by atoms with Gasteiger partial charge < -0.3 is 10.5 Å². The van der Waals surface area contributed by atoms with Crippen LogP contribution in [0.2, 0.25) is 0 Å². The SMILES string of the molecule is NC(=O)C12OC1(Cl)CCCC2(Cl)Cl. The normalized spacial score (nSPS) is 46.7. The van der Waals surface area contributed by atoms with Gasteiger partial charge >= 0.3 is 0 Å². The summed E-state index contributed by atoms with van der Waals surface area (Å²) >= 11 is 17.9. The van der Waals surface area contributed by atoms with Gasteiger partial charge in [0.15, 0.2) is 9.39 Å². The highest BCUT2D eigenvalue weighted by molar-refractivity contribution is 6.52. The summed E-state index contributed by atoms with van der Waals surface area (Å²) in [6.45, 7) is 0. The fourth-order valence-electron chi connectivity index (χ4n) is 1.92. The average molecular weight is 245 g/mol. The van der Waals surface area contributed by atoms with E-state index in [9.17, 15) is 4.79 Å². The predicted molar refractivity (Wildman–Crippen MR) is 49.9 cm³/mol. The maximum absolute atomic E-state index is 11.2. The molecule has 1 saturated carbocycles. The van der Waals surface area contributed by atoms with E-state index in [-0.39, 0.29) is 0 Å². The number of hydrogen-bond donors (Lipinski definition) is 1. The first-order valence-electron chi connectivity index (χ1n) is 3.93. The third-order valence-corrected chi connectivity index (χ3v) is 4.09. The molecule has 2 rings (SSSR count). The molecule has 2 unspecified atom stereocenters. The molecule has 0 spiro atoms. The lowest BCUT2D eigenvalue weighted by Gasteiger charge is -2.30. The second-order valence-corrected chi connectivity index (χ2v) is 5.53. The summed E-state index contributed by atoms with van der Waals surface area (Å²) in [4.78, 5) is 11.2. The Morgan fingerprint density at radius 3 is 2.31 bits per heavy atom. The van der Waals surface area contributed by atoms with E-state index in [0.717, 1.165) is 6.42 Å². The molecule has 1 aliphatic carbocycles. The van der Waals surface area contributed by atoms with Crippen molar-refractivity contribution in [2.24, 2.45) is 5.73 Å². The molecule has 0 radical (unpaired) electrons. The second-order valence-electron chi connectivity index (χ2n) is 3.43. The van der Waals surface area contributed by atoms with E-state index in [0.29, 0.717) is 12.8 Å². The van der Waals surface area contributed by atoms with Crippen molar-refractivity contribution in [2.45, 2.75) is 34.3 Å². The van der Waals surface area contributed by atoms with Gasteiger partial charge in [0.2, 0.25) is 5.60 Å². The molecule has 2 fully saturated rings. The van der Waals surface area contributed by atoms with Gasteiger partial charge in [-0.05, 0) is 19.3 Å². The van der Waals surface area contributed by atoms with Crippen molar-refractivity contribution in [3.05, 3.63) is 0 Å². The van der Waals surface area contributed by atoms with Crippen LogP contribution in [-0.2, 0) is 9.53 Å². The summed E-state index contributed by atoms with van der Waals surface area (Å²) < 4.78 is 3.86. The number of alkyl halides is 3. The lowest BCUT2D eigenvalue weighted by Crippen LogP contribution is -2.52. The topological polar surface area (TPSA) is 55.6 Å². The number of carbonyl (C=O) groups is 1. The number of nitrogens with two attached hydrogens (primary N) is 1. The van der Waals surface area contributed by atoms with Crippen LogP contribution in [0.4, 0.5) is 0 Å². The summed E-state index contributed by atoms with van der Waals surface area (Å²) in [5, 5.41) is -1.07. The highest BCUT2D eigenvalue weighted by atomic mass is 35.5. The molecule has 6 heteroatoms. The van der Waals surface area contributed by atoms with E-state index >= 15 is 0 Å². The number of halogens is 3. The molecule has 0 aromatic rings. The Hall–Kier alpha value is 0.300. The second kappa shape index (κ2) is 2.45. The lowest BCUT2D eigenvalue weighted by atomic mass is 9.87. The monoisotopic (exact) mass is 243 g/mol. The Balaban J connectivity index is 2.41. The van der Waals surface area contributed by atoms with Crippen LogP contribution in [0, 0.1) is 0 Å². The van der Waals surface area contributed by atoms with E-state index in [1.165, 1.54) is 0 Å². The maximum Gasteiger partial charge on any atom is 0.257 e. The lowest BCUT2D eigenvalue weighted by molar-refractivity contribution is -0.123. The Morgan fingerprint density at radius 1 is 1.31 bits per heavy atom. The smallest absolute Gasteiger partial charge is 0.257 e. The minimum absolute atomic E-state index is 0.466. The Bertz CT molecular complexity index is 283. The molecule has 0 aromatic carbocycles. The van der Waals surface area contributed by atoms with E-state index in [4.69, 9.17) is 45.3 Å². The Morgan fingerprint density at radius 2 is 1.92 bits per heavy atom. The van der Waals surface area contributed by atoms with Crippen molar-refractivity contribution in [1.82, 2.24) is 0 Å². The van der Waals surface area contributed by atoms with Crippen molar-refractivity contribution >= 4 is 40.7 Å². The van der Waals surface area contributed by atoms with Gasteiger partial charge in [-0.1, -0.05) is 34.8 Å². The number of amides is 1. The van der Waals surface area contributed by atoms with Crippen LogP contribution in [0.5, 0.6) is 0 Å². The minimum Gasteiger partial charge on any atom is -0.367 e. The molecule has 2 N–H and O–H groups in total. The van der Waals surface area contributed by atoms with E-state index < -0.39 is 20.9 Å². The molecule has 0 aromatic heterocycles. The Labute approximate surface area is 90.4 Å². The predicted octanol–water partition coefficient (Wildman–Crippen LogP) is 1.53. The third kappa shape index (κ3) is 0.990. The molecule has 13 heavy (non-hydrogen) atoms. The summed E-state index contributed by atoms with van der Waals surface area (Å²) in [5.74, 6) is -0.688. The first-order chi connectivity index (χ1) is 5.86. The first kappa shape index (κ1) is 9.84. The maximum atomic E-state index is 11.2. The summed E-state index contributed by atoms with van der Waals surface area (Å²) in [6, 6.07) is 0. The third-order valence-electron chi connectivity index (χ3n) is 2.65. The number of rotatable bonds is 1. The highest BCUT2D eigenvalue weighted by Gasteiger charge is 2.83. The fraction of sp³-hybridized carbons (Fsp3) is 0.857. The Kier molecular flexibility index (Phi) is 1.86. The van der Waals surface area contributed by atoms with Gasteiger partial charge in [-0.15, -0.1) is 0 Å². The van der Waals surface area contributed by atoms with Crippen LogP contribution in [0.3, 0.4) is 0 Å². The number of hydrogen-bond acceptors (Lipinski definition) is 2. The summed E-state index contributed by atoms with van der Waals surface area (Å²) in [6.07, 6.45) is 1.75. The molecule has 1 amide bonds. The summed E-state index contributed by atoms with van der Waals surface area (Å²) in [7, 11) is 0. The number of fused-ring (bicyclic) bond motifs is 1. The van der Waals surface area contributed by atoms with Gasteiger partial charge in [-0.3, -0.25) is 4.79 Å². The summed E-state index contributed by atoms with van der Waals surface area (Å²) in [5.41, 5.74) is 3.80.